The number of pyridine rings is 2. The van der Waals surface area contributed by atoms with Crippen LogP contribution >= 0.6 is 0 Å². The van der Waals surface area contributed by atoms with Crippen LogP contribution in [-0.4, -0.2) is 34.1 Å². The van der Waals surface area contributed by atoms with Gasteiger partial charge in [0, 0.05) is 39.8 Å². The third kappa shape index (κ3) is 5.14. The van der Waals surface area contributed by atoms with E-state index in [0.717, 1.165) is 53.2 Å². The molecule has 2 amide bonds. The van der Waals surface area contributed by atoms with E-state index < -0.39 is 6.09 Å². The Kier molecular flexibility index (Phi) is 6.28. The molecule has 36 heavy (non-hydrogen) atoms. The molecule has 0 saturated heterocycles. The lowest BCUT2D eigenvalue weighted by Crippen LogP contribution is -2.44. The molecule has 6 N–H and O–H groups in total. The number of anilines is 2. The number of hydrogen-bond acceptors (Lipinski definition) is 7. The molecular formula is C27H28N6O3. The lowest BCUT2D eigenvalue weighted by atomic mass is 9.91. The van der Waals surface area contributed by atoms with Crippen molar-refractivity contribution in [2.24, 2.45) is 0 Å². The summed E-state index contributed by atoms with van der Waals surface area (Å²) in [5, 5.41) is 7.65. The Morgan fingerprint density at radius 1 is 0.861 bits per heavy atom. The second-order valence-electron chi connectivity index (χ2n) is 9.23. The van der Waals surface area contributed by atoms with E-state index >= 15 is 0 Å². The van der Waals surface area contributed by atoms with Crippen molar-refractivity contribution < 1.29 is 14.3 Å². The first-order chi connectivity index (χ1) is 17.3. The molecule has 4 aromatic rings. The van der Waals surface area contributed by atoms with Gasteiger partial charge in [-0.3, -0.25) is 9.78 Å². The fraction of sp³-hybridized carbons (Fsp3) is 0.259. The quantitative estimate of drug-likeness (QED) is 0.341. The van der Waals surface area contributed by atoms with Crippen LogP contribution in [0.4, 0.5) is 16.3 Å². The highest BCUT2D eigenvalue weighted by Gasteiger charge is 2.24. The molecule has 1 aliphatic carbocycles. The van der Waals surface area contributed by atoms with E-state index in [1.54, 1.807) is 42.5 Å². The first-order valence-electron chi connectivity index (χ1n) is 12.0. The Labute approximate surface area is 208 Å². The van der Waals surface area contributed by atoms with Crippen molar-refractivity contribution >= 4 is 45.3 Å². The average molecular weight is 485 g/mol. The molecular weight excluding hydrogens is 456 g/mol. The molecule has 1 saturated carbocycles. The van der Waals surface area contributed by atoms with Crippen molar-refractivity contribution in [3.05, 3.63) is 65.9 Å². The Balaban J connectivity index is 1.12. The van der Waals surface area contributed by atoms with Gasteiger partial charge in [-0.05, 0) is 87.2 Å². The van der Waals surface area contributed by atoms with E-state index in [-0.39, 0.29) is 18.0 Å². The maximum atomic E-state index is 12.8. The van der Waals surface area contributed by atoms with Gasteiger partial charge in [-0.15, -0.1) is 0 Å². The second-order valence-corrected chi connectivity index (χ2v) is 9.23. The van der Waals surface area contributed by atoms with Crippen LogP contribution in [-0.2, 0) is 0 Å². The first-order valence-corrected chi connectivity index (χ1v) is 12.0. The van der Waals surface area contributed by atoms with Crippen molar-refractivity contribution in [2.75, 3.05) is 11.5 Å². The fourth-order valence-corrected chi connectivity index (χ4v) is 4.67. The van der Waals surface area contributed by atoms with Crippen molar-refractivity contribution in [1.29, 1.82) is 0 Å². The zero-order chi connectivity index (χ0) is 25.2. The minimum Gasteiger partial charge on any atom is -0.410 e. The molecule has 1 fully saturated rings. The van der Waals surface area contributed by atoms with Gasteiger partial charge in [0.05, 0.1) is 11.0 Å². The molecule has 5 rings (SSSR count). The maximum absolute atomic E-state index is 12.8. The van der Waals surface area contributed by atoms with Gasteiger partial charge in [0.15, 0.2) is 0 Å². The Morgan fingerprint density at radius 3 is 2.36 bits per heavy atom. The number of nitrogen functional groups attached to an aromatic ring is 2. The number of carbonyl (C=O) groups excluding carboxylic acids is 2. The van der Waals surface area contributed by atoms with Crippen LogP contribution < -0.4 is 26.8 Å². The van der Waals surface area contributed by atoms with Crippen LogP contribution in [0, 0.1) is 6.92 Å². The summed E-state index contributed by atoms with van der Waals surface area (Å²) in [6.07, 6.45) is 2.51. The normalized spacial score (nSPS) is 17.6. The van der Waals surface area contributed by atoms with Crippen LogP contribution in [0.25, 0.3) is 21.8 Å². The molecule has 1 aliphatic rings. The summed E-state index contributed by atoms with van der Waals surface area (Å²) < 4.78 is 5.49. The number of hydrogen-bond donors (Lipinski definition) is 4. The minimum absolute atomic E-state index is 0.0160. The van der Waals surface area contributed by atoms with E-state index in [1.807, 2.05) is 19.1 Å². The zero-order valence-electron chi connectivity index (χ0n) is 20.0. The number of nitrogens with one attached hydrogen (secondary N) is 2. The largest absolute Gasteiger partial charge is 0.412 e. The van der Waals surface area contributed by atoms with Gasteiger partial charge >= 0.3 is 6.09 Å². The van der Waals surface area contributed by atoms with Gasteiger partial charge in [0.1, 0.15) is 11.6 Å². The fourth-order valence-electron chi connectivity index (χ4n) is 4.67. The molecule has 0 aliphatic heterocycles. The van der Waals surface area contributed by atoms with Gasteiger partial charge < -0.3 is 26.8 Å². The van der Waals surface area contributed by atoms with E-state index in [0.29, 0.717) is 22.8 Å². The summed E-state index contributed by atoms with van der Waals surface area (Å²) in [7, 11) is 0. The van der Waals surface area contributed by atoms with Gasteiger partial charge in [-0.1, -0.05) is 0 Å². The van der Waals surface area contributed by atoms with E-state index in [1.165, 1.54) is 0 Å². The molecule has 9 nitrogen and oxygen atoms in total. The van der Waals surface area contributed by atoms with E-state index in [2.05, 4.69) is 20.6 Å². The molecule has 0 spiro atoms. The second kappa shape index (κ2) is 9.69. The number of fused-ring (bicyclic) bond motifs is 2. The van der Waals surface area contributed by atoms with E-state index in [9.17, 15) is 9.59 Å². The summed E-state index contributed by atoms with van der Waals surface area (Å²) >= 11 is 0. The highest BCUT2D eigenvalue weighted by Crippen LogP contribution is 2.26. The molecule has 0 unspecified atom stereocenters. The number of nitrogens with two attached hydrogens (primary N) is 2. The number of carbonyl (C=O) groups is 2. The molecule has 2 aromatic heterocycles. The third-order valence-corrected chi connectivity index (χ3v) is 6.51. The Hall–Kier alpha value is -4.40. The average Bonchev–Trinajstić information content (AvgIpc) is 2.85. The van der Waals surface area contributed by atoms with Crippen molar-refractivity contribution in [3.8, 4) is 5.75 Å². The molecule has 0 radical (unpaired) electrons. The van der Waals surface area contributed by atoms with Crippen molar-refractivity contribution in [2.45, 2.75) is 44.7 Å². The molecule has 184 valence electrons. The molecule has 0 bridgehead atoms. The Morgan fingerprint density at radius 2 is 1.58 bits per heavy atom. The highest BCUT2D eigenvalue weighted by molar-refractivity contribution is 5.98. The van der Waals surface area contributed by atoms with Crippen molar-refractivity contribution in [1.82, 2.24) is 20.6 Å². The number of aryl methyl sites for hydroxylation is 1. The predicted octanol–water partition coefficient (Wildman–Crippen LogP) is 4.09. The van der Waals surface area contributed by atoms with E-state index in [4.69, 9.17) is 16.2 Å². The summed E-state index contributed by atoms with van der Waals surface area (Å²) in [6.45, 7) is 1.88. The monoisotopic (exact) mass is 484 g/mol. The first kappa shape index (κ1) is 23.3. The molecule has 0 atom stereocenters. The SMILES string of the molecule is Cc1cc(N)c2cc(OC(=O)NC3CCC(NC(=O)c4ccc5nc(N)ccc5c4)CC3)ccc2n1. The number of benzene rings is 2. The number of nitrogens with zero attached hydrogens (tertiary/aromatic N) is 2. The van der Waals surface area contributed by atoms with Crippen LogP contribution in [0.1, 0.15) is 41.7 Å². The standard InChI is InChI=1S/C27H28N6O3/c1-15-12-22(28)21-14-20(8-10-24(21)30-15)36-27(35)32-19-6-4-18(5-7-19)31-26(34)17-2-9-23-16(13-17)3-11-25(29)33-23/h2-3,8-14,18-19H,4-7H2,1H3,(H2,28,30)(H2,29,33)(H,31,34)(H,32,35). The van der Waals surface area contributed by atoms with Gasteiger partial charge in [0.2, 0.25) is 0 Å². The molecule has 2 aromatic carbocycles. The van der Waals surface area contributed by atoms with Crippen molar-refractivity contribution in [3.63, 3.8) is 0 Å². The van der Waals surface area contributed by atoms with Gasteiger partial charge in [-0.2, -0.15) is 0 Å². The highest BCUT2D eigenvalue weighted by atomic mass is 16.6. The topological polar surface area (TPSA) is 145 Å². The number of ether oxygens (including phenoxy) is 1. The summed E-state index contributed by atoms with van der Waals surface area (Å²) in [6, 6.07) is 16.0. The number of aromatic nitrogens is 2. The Bertz CT molecular complexity index is 1460. The number of rotatable bonds is 4. The molecule has 9 heteroatoms. The summed E-state index contributed by atoms with van der Waals surface area (Å²) in [5.74, 6) is 0.736. The predicted molar refractivity (Wildman–Crippen MR) is 140 cm³/mol. The van der Waals surface area contributed by atoms with Crippen LogP contribution in [0.15, 0.2) is 54.6 Å². The third-order valence-electron chi connectivity index (χ3n) is 6.51. The summed E-state index contributed by atoms with van der Waals surface area (Å²) in [4.78, 5) is 33.9. The van der Waals surface area contributed by atoms with Crippen LogP contribution in [0.2, 0.25) is 0 Å². The van der Waals surface area contributed by atoms with Gasteiger partial charge in [-0.25, -0.2) is 9.78 Å². The molecule has 2 heterocycles. The van der Waals surface area contributed by atoms with Crippen LogP contribution in [0.5, 0.6) is 5.75 Å². The zero-order valence-corrected chi connectivity index (χ0v) is 20.0. The summed E-state index contributed by atoms with van der Waals surface area (Å²) in [5.41, 5.74) is 15.3. The lowest BCUT2D eigenvalue weighted by Gasteiger charge is -2.29. The van der Waals surface area contributed by atoms with Crippen LogP contribution in [0.3, 0.4) is 0 Å². The minimum atomic E-state index is -0.508. The lowest BCUT2D eigenvalue weighted by molar-refractivity contribution is 0.0923. The smallest absolute Gasteiger partial charge is 0.410 e. The number of amides is 2. The maximum Gasteiger partial charge on any atom is 0.412 e. The van der Waals surface area contributed by atoms with Gasteiger partial charge in [0.25, 0.3) is 5.91 Å².